The average molecular weight is 259 g/mol. The van der Waals surface area contributed by atoms with Crippen LogP contribution in [0.3, 0.4) is 0 Å². The predicted molar refractivity (Wildman–Crippen MR) is 70.9 cm³/mol. The average Bonchev–Trinajstić information content (AvgIpc) is 2.42. The van der Waals surface area contributed by atoms with Crippen LogP contribution in [0, 0.1) is 5.82 Å². The summed E-state index contributed by atoms with van der Waals surface area (Å²) in [4.78, 5) is 16.1. The highest BCUT2D eigenvalue weighted by Crippen LogP contribution is 2.14. The first-order valence-corrected chi connectivity index (χ1v) is 5.84. The van der Waals surface area contributed by atoms with E-state index < -0.39 is 5.82 Å². The zero-order valence-corrected chi connectivity index (χ0v) is 10.4. The maximum atomic E-state index is 13.3. The number of hydrogen-bond donors (Lipinski definition) is 2. The number of hydrogen-bond acceptors (Lipinski definition) is 3. The van der Waals surface area contributed by atoms with Gasteiger partial charge in [0, 0.05) is 11.8 Å². The highest BCUT2D eigenvalue weighted by molar-refractivity contribution is 5.94. The Kier molecular flexibility index (Phi) is 3.75. The van der Waals surface area contributed by atoms with E-state index in [4.69, 9.17) is 5.73 Å². The highest BCUT2D eigenvalue weighted by atomic mass is 19.1. The molecule has 1 aromatic heterocycles. The van der Waals surface area contributed by atoms with Crippen molar-refractivity contribution in [3.63, 3.8) is 0 Å². The number of nitrogens with two attached hydrogens (primary N) is 1. The van der Waals surface area contributed by atoms with Crippen LogP contribution in [0.15, 0.2) is 42.6 Å². The number of carbonyl (C=O) groups excluding carboxylic acids is 1. The Morgan fingerprint density at radius 3 is 2.79 bits per heavy atom. The second-order valence-electron chi connectivity index (χ2n) is 4.19. The van der Waals surface area contributed by atoms with Crippen molar-refractivity contribution < 1.29 is 9.18 Å². The van der Waals surface area contributed by atoms with Crippen LogP contribution in [-0.4, -0.2) is 10.9 Å². The molecule has 1 aromatic carbocycles. The van der Waals surface area contributed by atoms with Gasteiger partial charge in [-0.15, -0.1) is 0 Å². The van der Waals surface area contributed by atoms with Gasteiger partial charge in [0.05, 0.1) is 17.4 Å². The van der Waals surface area contributed by atoms with E-state index in [0.717, 1.165) is 11.8 Å². The van der Waals surface area contributed by atoms with E-state index in [9.17, 15) is 9.18 Å². The number of carbonyl (C=O) groups is 1. The molecule has 0 saturated carbocycles. The topological polar surface area (TPSA) is 68.0 Å². The largest absolute Gasteiger partial charge is 0.396 e. The number of anilines is 1. The van der Waals surface area contributed by atoms with Crippen molar-refractivity contribution >= 4 is 11.6 Å². The molecule has 98 valence electrons. The van der Waals surface area contributed by atoms with Gasteiger partial charge in [0.1, 0.15) is 5.82 Å². The molecule has 1 amide bonds. The molecule has 0 aliphatic rings. The number of nitrogens with one attached hydrogen (secondary N) is 1. The molecule has 0 spiro atoms. The van der Waals surface area contributed by atoms with Gasteiger partial charge in [0.25, 0.3) is 5.91 Å². The van der Waals surface area contributed by atoms with Gasteiger partial charge < -0.3 is 11.1 Å². The van der Waals surface area contributed by atoms with Crippen LogP contribution < -0.4 is 11.1 Å². The van der Waals surface area contributed by atoms with Crippen molar-refractivity contribution in [2.75, 3.05) is 5.73 Å². The van der Waals surface area contributed by atoms with E-state index >= 15 is 0 Å². The van der Waals surface area contributed by atoms with E-state index in [0.29, 0.717) is 0 Å². The summed E-state index contributed by atoms with van der Waals surface area (Å²) in [7, 11) is 0. The Morgan fingerprint density at radius 2 is 2.16 bits per heavy atom. The third-order valence-electron chi connectivity index (χ3n) is 2.74. The number of rotatable bonds is 3. The summed E-state index contributed by atoms with van der Waals surface area (Å²) in [6.07, 6.45) is 1.65. The summed E-state index contributed by atoms with van der Waals surface area (Å²) in [5, 5.41) is 2.75. The maximum Gasteiger partial charge on any atom is 0.251 e. The summed E-state index contributed by atoms with van der Waals surface area (Å²) in [5.74, 6) is -0.963. The molecule has 0 fully saturated rings. The second kappa shape index (κ2) is 5.48. The Morgan fingerprint density at radius 1 is 1.37 bits per heavy atom. The number of pyridine rings is 1. The number of benzene rings is 1. The zero-order valence-electron chi connectivity index (χ0n) is 10.4. The van der Waals surface area contributed by atoms with E-state index in [1.54, 1.807) is 12.3 Å². The first-order valence-electron chi connectivity index (χ1n) is 5.84. The van der Waals surface area contributed by atoms with Gasteiger partial charge in [-0.25, -0.2) is 4.39 Å². The zero-order chi connectivity index (χ0) is 13.8. The molecule has 0 bridgehead atoms. The van der Waals surface area contributed by atoms with Gasteiger partial charge >= 0.3 is 0 Å². The van der Waals surface area contributed by atoms with E-state index in [2.05, 4.69) is 10.3 Å². The summed E-state index contributed by atoms with van der Waals surface area (Å²) in [5.41, 5.74) is 6.36. The van der Waals surface area contributed by atoms with Gasteiger partial charge in [-0.3, -0.25) is 9.78 Å². The number of nitrogens with zero attached hydrogens (tertiary/aromatic N) is 1. The minimum Gasteiger partial charge on any atom is -0.396 e. The summed E-state index contributed by atoms with van der Waals surface area (Å²) in [6.45, 7) is 1.81. The molecule has 1 atom stereocenters. The number of aromatic nitrogens is 1. The Labute approximate surface area is 110 Å². The molecule has 1 heterocycles. The standard InChI is InChI=1S/C14H14FN3O/c1-9(13-4-2-3-7-17-13)18-14(19)10-5-6-12(16)11(15)8-10/h2-9H,16H2,1H3,(H,18,19). The maximum absolute atomic E-state index is 13.3. The molecule has 2 rings (SSSR count). The van der Waals surface area contributed by atoms with Crippen LogP contribution >= 0.6 is 0 Å². The van der Waals surface area contributed by atoms with Gasteiger partial charge in [0.15, 0.2) is 0 Å². The molecule has 5 heteroatoms. The summed E-state index contributed by atoms with van der Waals surface area (Å²) < 4.78 is 13.3. The van der Waals surface area contributed by atoms with Crippen molar-refractivity contribution in [1.82, 2.24) is 10.3 Å². The van der Waals surface area contributed by atoms with E-state index in [1.165, 1.54) is 12.1 Å². The minimum atomic E-state index is -0.599. The number of amides is 1. The first-order chi connectivity index (χ1) is 9.08. The van der Waals surface area contributed by atoms with Crippen LogP contribution in [-0.2, 0) is 0 Å². The van der Waals surface area contributed by atoms with Gasteiger partial charge in [-0.05, 0) is 37.3 Å². The summed E-state index contributed by atoms with van der Waals surface area (Å²) >= 11 is 0. The Balaban J connectivity index is 2.11. The van der Waals surface area contributed by atoms with Crippen LogP contribution in [0.5, 0.6) is 0 Å². The fourth-order valence-corrected chi connectivity index (χ4v) is 1.65. The monoisotopic (exact) mass is 259 g/mol. The molecule has 19 heavy (non-hydrogen) atoms. The van der Waals surface area contributed by atoms with Gasteiger partial charge in [0.2, 0.25) is 0 Å². The molecule has 1 unspecified atom stereocenters. The van der Waals surface area contributed by atoms with Gasteiger partial charge in [-0.2, -0.15) is 0 Å². The SMILES string of the molecule is CC(NC(=O)c1ccc(N)c(F)c1)c1ccccn1. The first kappa shape index (κ1) is 13.0. The summed E-state index contributed by atoms with van der Waals surface area (Å²) in [6, 6.07) is 9.18. The Hall–Kier alpha value is -2.43. The lowest BCUT2D eigenvalue weighted by Crippen LogP contribution is -2.27. The molecule has 0 saturated heterocycles. The van der Waals surface area contributed by atoms with Crippen LogP contribution in [0.4, 0.5) is 10.1 Å². The normalized spacial score (nSPS) is 11.9. The van der Waals surface area contributed by atoms with E-state index in [-0.39, 0.29) is 23.2 Å². The van der Waals surface area contributed by atoms with Crippen molar-refractivity contribution in [3.05, 3.63) is 59.7 Å². The molecule has 0 radical (unpaired) electrons. The molecule has 3 N–H and O–H groups in total. The van der Waals surface area contributed by atoms with Crippen molar-refractivity contribution in [1.29, 1.82) is 0 Å². The predicted octanol–water partition coefficient (Wildman–Crippen LogP) is 2.29. The van der Waals surface area contributed by atoms with Crippen LogP contribution in [0.1, 0.15) is 29.0 Å². The molecule has 0 aliphatic heterocycles. The molecular formula is C14H14FN3O. The number of halogens is 1. The lowest BCUT2D eigenvalue weighted by molar-refractivity contribution is 0.0938. The molecular weight excluding hydrogens is 245 g/mol. The third-order valence-corrected chi connectivity index (χ3v) is 2.74. The highest BCUT2D eigenvalue weighted by Gasteiger charge is 2.13. The minimum absolute atomic E-state index is 0.0225. The molecule has 2 aromatic rings. The van der Waals surface area contributed by atoms with Crippen molar-refractivity contribution in [2.24, 2.45) is 0 Å². The number of nitrogen functional groups attached to an aromatic ring is 1. The quantitative estimate of drug-likeness (QED) is 0.831. The van der Waals surface area contributed by atoms with Gasteiger partial charge in [-0.1, -0.05) is 6.07 Å². The molecule has 4 nitrogen and oxygen atoms in total. The van der Waals surface area contributed by atoms with Crippen molar-refractivity contribution in [2.45, 2.75) is 13.0 Å². The van der Waals surface area contributed by atoms with Crippen LogP contribution in [0.25, 0.3) is 0 Å². The van der Waals surface area contributed by atoms with Crippen LogP contribution in [0.2, 0.25) is 0 Å². The van der Waals surface area contributed by atoms with E-state index in [1.807, 2.05) is 19.1 Å². The fourth-order valence-electron chi connectivity index (χ4n) is 1.65. The smallest absolute Gasteiger partial charge is 0.251 e. The second-order valence-corrected chi connectivity index (χ2v) is 4.19. The third kappa shape index (κ3) is 3.07. The lowest BCUT2D eigenvalue weighted by Gasteiger charge is -2.13. The molecule has 0 aliphatic carbocycles. The van der Waals surface area contributed by atoms with Crippen molar-refractivity contribution in [3.8, 4) is 0 Å². The fraction of sp³-hybridized carbons (Fsp3) is 0.143. The lowest BCUT2D eigenvalue weighted by atomic mass is 10.1. The Bertz CT molecular complexity index is 586.